The van der Waals surface area contributed by atoms with E-state index in [-0.39, 0.29) is 11.7 Å². The van der Waals surface area contributed by atoms with Gasteiger partial charge in [0, 0.05) is 18.7 Å². The van der Waals surface area contributed by atoms with Crippen LogP contribution in [0.5, 0.6) is 0 Å². The SMILES string of the molecule is O=C1CCc2cc(F)ccc2N1CCCCCCS. The molecule has 0 radical (unpaired) electrons. The van der Waals surface area contributed by atoms with Gasteiger partial charge in [0.25, 0.3) is 0 Å². The van der Waals surface area contributed by atoms with Crippen molar-refractivity contribution in [3.05, 3.63) is 29.6 Å². The predicted molar refractivity (Wildman–Crippen MR) is 79.4 cm³/mol. The normalized spacial score (nSPS) is 14.6. The average molecular weight is 281 g/mol. The second kappa shape index (κ2) is 6.94. The summed E-state index contributed by atoms with van der Waals surface area (Å²) in [4.78, 5) is 13.8. The van der Waals surface area contributed by atoms with Gasteiger partial charge in [0.05, 0.1) is 0 Å². The van der Waals surface area contributed by atoms with Crippen molar-refractivity contribution in [1.82, 2.24) is 0 Å². The van der Waals surface area contributed by atoms with Crippen molar-refractivity contribution in [3.8, 4) is 0 Å². The fourth-order valence-electron chi connectivity index (χ4n) is 2.51. The maximum Gasteiger partial charge on any atom is 0.227 e. The molecular formula is C15H20FNOS. The van der Waals surface area contributed by atoms with Crippen LogP contribution in [0, 0.1) is 5.82 Å². The van der Waals surface area contributed by atoms with E-state index in [1.807, 2.05) is 4.90 Å². The van der Waals surface area contributed by atoms with E-state index in [4.69, 9.17) is 0 Å². The summed E-state index contributed by atoms with van der Waals surface area (Å²) in [6.45, 7) is 0.740. The van der Waals surface area contributed by atoms with Crippen LogP contribution in [0.3, 0.4) is 0 Å². The van der Waals surface area contributed by atoms with Crippen molar-refractivity contribution in [1.29, 1.82) is 0 Å². The van der Waals surface area contributed by atoms with Gasteiger partial charge in [0.1, 0.15) is 5.82 Å². The van der Waals surface area contributed by atoms with E-state index in [1.54, 1.807) is 12.1 Å². The van der Waals surface area contributed by atoms with E-state index in [0.29, 0.717) is 12.8 Å². The molecule has 0 fully saturated rings. The number of unbranched alkanes of at least 4 members (excludes halogenated alkanes) is 3. The first-order valence-electron chi connectivity index (χ1n) is 6.92. The number of nitrogens with zero attached hydrogens (tertiary/aromatic N) is 1. The van der Waals surface area contributed by atoms with Crippen molar-refractivity contribution >= 4 is 24.2 Å². The number of rotatable bonds is 6. The zero-order valence-electron chi connectivity index (χ0n) is 11.1. The minimum Gasteiger partial charge on any atom is -0.312 e. The molecular weight excluding hydrogens is 261 g/mol. The van der Waals surface area contributed by atoms with E-state index in [0.717, 1.165) is 49.2 Å². The number of anilines is 1. The lowest BCUT2D eigenvalue weighted by molar-refractivity contribution is -0.118. The third kappa shape index (κ3) is 3.72. The highest BCUT2D eigenvalue weighted by molar-refractivity contribution is 7.80. The molecule has 1 aromatic rings. The lowest BCUT2D eigenvalue weighted by Crippen LogP contribution is -2.35. The van der Waals surface area contributed by atoms with Gasteiger partial charge in [-0.05, 0) is 48.8 Å². The quantitative estimate of drug-likeness (QED) is 0.624. The summed E-state index contributed by atoms with van der Waals surface area (Å²) < 4.78 is 13.2. The van der Waals surface area contributed by atoms with Crippen LogP contribution in [0.4, 0.5) is 10.1 Å². The number of amides is 1. The summed E-state index contributed by atoms with van der Waals surface area (Å²) in [6, 6.07) is 4.72. The summed E-state index contributed by atoms with van der Waals surface area (Å²) in [5.74, 6) is 0.861. The first-order chi connectivity index (χ1) is 9.22. The van der Waals surface area contributed by atoms with Gasteiger partial charge in [-0.3, -0.25) is 4.79 Å². The largest absolute Gasteiger partial charge is 0.312 e. The number of carbonyl (C=O) groups is 1. The molecule has 2 nitrogen and oxygen atoms in total. The summed E-state index contributed by atoms with van der Waals surface area (Å²) in [6.07, 6.45) is 5.53. The minimum atomic E-state index is -0.221. The molecule has 0 saturated carbocycles. The molecule has 0 saturated heterocycles. The molecule has 0 atom stereocenters. The molecule has 1 heterocycles. The molecule has 1 amide bonds. The molecule has 4 heteroatoms. The van der Waals surface area contributed by atoms with Gasteiger partial charge in [-0.2, -0.15) is 12.6 Å². The Bertz CT molecular complexity index is 450. The number of thiol groups is 1. The van der Waals surface area contributed by atoms with E-state index in [2.05, 4.69) is 12.6 Å². The maximum atomic E-state index is 13.2. The molecule has 0 aliphatic carbocycles. The Morgan fingerprint density at radius 2 is 1.95 bits per heavy atom. The second-order valence-electron chi connectivity index (χ2n) is 4.96. The number of aryl methyl sites for hydroxylation is 1. The Hall–Kier alpha value is -1.03. The van der Waals surface area contributed by atoms with E-state index in [9.17, 15) is 9.18 Å². The highest BCUT2D eigenvalue weighted by Gasteiger charge is 2.23. The van der Waals surface area contributed by atoms with Gasteiger partial charge in [-0.25, -0.2) is 4.39 Å². The number of fused-ring (bicyclic) bond motifs is 1. The molecule has 0 aromatic heterocycles. The molecule has 0 spiro atoms. The standard InChI is InChI=1S/C15H20FNOS/c16-13-6-7-14-12(11-13)5-8-15(18)17(14)9-3-1-2-4-10-19/h6-7,11,19H,1-5,8-10H2. The van der Waals surface area contributed by atoms with Gasteiger partial charge >= 0.3 is 0 Å². The maximum absolute atomic E-state index is 13.2. The summed E-state index contributed by atoms with van der Waals surface area (Å²) in [5.41, 5.74) is 1.85. The third-order valence-electron chi connectivity index (χ3n) is 3.53. The molecule has 1 aliphatic rings. The monoisotopic (exact) mass is 281 g/mol. The fourth-order valence-corrected chi connectivity index (χ4v) is 2.73. The minimum absolute atomic E-state index is 0.160. The number of carbonyl (C=O) groups excluding carboxylic acids is 1. The zero-order valence-corrected chi connectivity index (χ0v) is 12.0. The summed E-state index contributed by atoms with van der Waals surface area (Å²) in [7, 11) is 0. The van der Waals surface area contributed by atoms with Crippen molar-refractivity contribution < 1.29 is 9.18 Å². The Morgan fingerprint density at radius 1 is 1.16 bits per heavy atom. The van der Waals surface area contributed by atoms with Crippen LogP contribution in [-0.4, -0.2) is 18.2 Å². The van der Waals surface area contributed by atoms with E-state index < -0.39 is 0 Å². The van der Waals surface area contributed by atoms with Crippen LogP contribution in [0.25, 0.3) is 0 Å². The van der Waals surface area contributed by atoms with Gasteiger partial charge in [0.15, 0.2) is 0 Å². The fraction of sp³-hybridized carbons (Fsp3) is 0.533. The van der Waals surface area contributed by atoms with Gasteiger partial charge in [0.2, 0.25) is 5.91 Å². The Balaban J connectivity index is 1.98. The number of hydrogen-bond donors (Lipinski definition) is 1. The van der Waals surface area contributed by atoms with Gasteiger partial charge in [-0.1, -0.05) is 12.8 Å². The Kier molecular flexibility index (Phi) is 5.25. The molecule has 0 bridgehead atoms. The van der Waals surface area contributed by atoms with Gasteiger partial charge < -0.3 is 4.90 Å². The Labute approximate surface area is 119 Å². The van der Waals surface area contributed by atoms with E-state index >= 15 is 0 Å². The topological polar surface area (TPSA) is 20.3 Å². The molecule has 19 heavy (non-hydrogen) atoms. The third-order valence-corrected chi connectivity index (χ3v) is 3.85. The molecule has 104 valence electrons. The zero-order chi connectivity index (χ0) is 13.7. The van der Waals surface area contributed by atoms with Crippen LogP contribution >= 0.6 is 12.6 Å². The van der Waals surface area contributed by atoms with Crippen LogP contribution in [0.15, 0.2) is 18.2 Å². The molecule has 1 aliphatic heterocycles. The van der Waals surface area contributed by atoms with Crippen LogP contribution in [-0.2, 0) is 11.2 Å². The van der Waals surface area contributed by atoms with Crippen molar-refractivity contribution in [2.45, 2.75) is 38.5 Å². The molecule has 0 N–H and O–H groups in total. The average Bonchev–Trinajstić information content (AvgIpc) is 2.41. The van der Waals surface area contributed by atoms with Crippen molar-refractivity contribution in [2.24, 2.45) is 0 Å². The van der Waals surface area contributed by atoms with Crippen LogP contribution in [0.2, 0.25) is 0 Å². The lowest BCUT2D eigenvalue weighted by atomic mass is 10.0. The number of hydrogen-bond acceptors (Lipinski definition) is 2. The summed E-state index contributed by atoms with van der Waals surface area (Å²) >= 11 is 4.19. The number of benzene rings is 1. The highest BCUT2D eigenvalue weighted by Crippen LogP contribution is 2.28. The van der Waals surface area contributed by atoms with E-state index in [1.165, 1.54) is 6.07 Å². The first kappa shape index (κ1) is 14.4. The van der Waals surface area contributed by atoms with Crippen molar-refractivity contribution in [3.63, 3.8) is 0 Å². The van der Waals surface area contributed by atoms with Crippen molar-refractivity contribution in [2.75, 3.05) is 17.2 Å². The highest BCUT2D eigenvalue weighted by atomic mass is 32.1. The molecule has 2 rings (SSSR count). The van der Waals surface area contributed by atoms with Crippen LogP contribution < -0.4 is 4.90 Å². The second-order valence-corrected chi connectivity index (χ2v) is 5.40. The smallest absolute Gasteiger partial charge is 0.227 e. The Morgan fingerprint density at radius 3 is 2.74 bits per heavy atom. The molecule has 1 aromatic carbocycles. The number of halogens is 1. The molecule has 0 unspecified atom stereocenters. The van der Waals surface area contributed by atoms with Gasteiger partial charge in [-0.15, -0.1) is 0 Å². The van der Waals surface area contributed by atoms with Crippen LogP contribution in [0.1, 0.15) is 37.7 Å². The summed E-state index contributed by atoms with van der Waals surface area (Å²) in [5, 5.41) is 0. The first-order valence-corrected chi connectivity index (χ1v) is 7.55. The predicted octanol–water partition coefficient (Wildman–Crippen LogP) is 3.60. The lowest BCUT2D eigenvalue weighted by Gasteiger charge is -2.29.